The first-order chi connectivity index (χ1) is 4.83. The molecular formula is C5H5N5. The van der Waals surface area contributed by atoms with Gasteiger partial charge in [0.05, 0.1) is 0 Å². The van der Waals surface area contributed by atoms with Crippen LogP contribution in [0.1, 0.15) is 0 Å². The summed E-state index contributed by atoms with van der Waals surface area (Å²) in [6.45, 7) is 0. The number of anilines is 1. The van der Waals surface area contributed by atoms with Gasteiger partial charge in [-0.3, -0.25) is 0 Å². The number of hydrogen-bond acceptors (Lipinski definition) is 3. The van der Waals surface area contributed by atoms with Crippen LogP contribution in [0.2, 0.25) is 0 Å². The van der Waals surface area contributed by atoms with E-state index in [1.165, 1.54) is 12.3 Å². The highest BCUT2D eigenvalue weighted by Crippen LogP contribution is 2.12. The SMILES string of the molecule is [N-]=[N+]=Nc1ccnc(N)c1. The van der Waals surface area contributed by atoms with E-state index in [4.69, 9.17) is 11.3 Å². The molecule has 0 aromatic carbocycles. The van der Waals surface area contributed by atoms with Crippen LogP contribution in [0.4, 0.5) is 11.5 Å². The molecule has 50 valence electrons. The van der Waals surface area contributed by atoms with E-state index >= 15 is 0 Å². The van der Waals surface area contributed by atoms with Gasteiger partial charge in [0.25, 0.3) is 0 Å². The first-order valence-electron chi connectivity index (χ1n) is 2.59. The maximum Gasteiger partial charge on any atom is 0.123 e. The summed E-state index contributed by atoms with van der Waals surface area (Å²) < 4.78 is 0. The number of aromatic nitrogens is 1. The number of nitrogen functional groups attached to an aromatic ring is 1. The van der Waals surface area contributed by atoms with E-state index in [9.17, 15) is 0 Å². The number of rotatable bonds is 1. The van der Waals surface area contributed by atoms with Crippen molar-refractivity contribution >= 4 is 11.5 Å². The minimum absolute atomic E-state index is 0.352. The minimum Gasteiger partial charge on any atom is -0.384 e. The smallest absolute Gasteiger partial charge is 0.123 e. The summed E-state index contributed by atoms with van der Waals surface area (Å²) >= 11 is 0. The van der Waals surface area contributed by atoms with Crippen LogP contribution >= 0.6 is 0 Å². The van der Waals surface area contributed by atoms with Gasteiger partial charge >= 0.3 is 0 Å². The van der Waals surface area contributed by atoms with Crippen molar-refractivity contribution in [3.8, 4) is 0 Å². The number of nitrogens with two attached hydrogens (primary N) is 1. The highest BCUT2D eigenvalue weighted by molar-refractivity contribution is 5.44. The van der Waals surface area contributed by atoms with Gasteiger partial charge in [0.2, 0.25) is 0 Å². The van der Waals surface area contributed by atoms with Crippen molar-refractivity contribution in [3.63, 3.8) is 0 Å². The number of pyridine rings is 1. The highest BCUT2D eigenvalue weighted by Gasteiger charge is 1.87. The molecule has 0 aliphatic rings. The van der Waals surface area contributed by atoms with E-state index < -0.39 is 0 Å². The Labute approximate surface area is 57.1 Å². The zero-order valence-corrected chi connectivity index (χ0v) is 5.10. The Morgan fingerprint density at radius 2 is 2.50 bits per heavy atom. The molecule has 0 unspecified atom stereocenters. The van der Waals surface area contributed by atoms with Gasteiger partial charge in [-0.2, -0.15) is 0 Å². The Morgan fingerprint density at radius 3 is 3.10 bits per heavy atom. The third-order valence-corrected chi connectivity index (χ3v) is 0.925. The molecule has 0 radical (unpaired) electrons. The lowest BCUT2D eigenvalue weighted by atomic mass is 10.4. The molecule has 0 saturated heterocycles. The van der Waals surface area contributed by atoms with Crippen LogP contribution in [0.15, 0.2) is 23.4 Å². The van der Waals surface area contributed by atoms with Crippen molar-refractivity contribution < 1.29 is 0 Å². The standard InChI is InChI=1S/C5H5N5/c6-5-3-4(9-10-7)1-2-8-5/h1-3H,(H2,6,8). The van der Waals surface area contributed by atoms with Crippen LogP contribution in [0.25, 0.3) is 10.4 Å². The zero-order chi connectivity index (χ0) is 7.40. The van der Waals surface area contributed by atoms with E-state index in [-0.39, 0.29) is 0 Å². The minimum atomic E-state index is 0.352. The fourth-order valence-corrected chi connectivity index (χ4v) is 0.550. The molecule has 0 aliphatic carbocycles. The molecule has 5 heteroatoms. The maximum absolute atomic E-state index is 8.01. The van der Waals surface area contributed by atoms with Gasteiger partial charge in [-0.15, -0.1) is 0 Å². The largest absolute Gasteiger partial charge is 0.384 e. The van der Waals surface area contributed by atoms with E-state index in [0.717, 1.165) is 0 Å². The first kappa shape index (κ1) is 6.38. The molecule has 2 N–H and O–H groups in total. The molecule has 0 saturated carbocycles. The molecule has 0 amide bonds. The van der Waals surface area contributed by atoms with Gasteiger partial charge in [0, 0.05) is 16.8 Å². The average molecular weight is 135 g/mol. The molecule has 0 spiro atoms. The number of azide groups is 1. The summed E-state index contributed by atoms with van der Waals surface area (Å²) in [6.07, 6.45) is 1.49. The van der Waals surface area contributed by atoms with Crippen molar-refractivity contribution in [2.75, 3.05) is 5.73 Å². The summed E-state index contributed by atoms with van der Waals surface area (Å²) in [6, 6.07) is 3.08. The molecule has 0 bridgehead atoms. The summed E-state index contributed by atoms with van der Waals surface area (Å²) in [4.78, 5) is 6.31. The predicted molar refractivity (Wildman–Crippen MR) is 37.5 cm³/mol. The third kappa shape index (κ3) is 1.37. The summed E-state index contributed by atoms with van der Waals surface area (Å²) in [7, 11) is 0. The quantitative estimate of drug-likeness (QED) is 0.360. The van der Waals surface area contributed by atoms with Crippen molar-refractivity contribution in [1.82, 2.24) is 4.98 Å². The van der Waals surface area contributed by atoms with Crippen molar-refractivity contribution in [3.05, 3.63) is 28.8 Å². The summed E-state index contributed by atoms with van der Waals surface area (Å²) in [5.41, 5.74) is 13.8. The molecule has 0 atom stereocenters. The first-order valence-corrected chi connectivity index (χ1v) is 2.59. The normalized spacial score (nSPS) is 8.40. The van der Waals surface area contributed by atoms with Gasteiger partial charge in [-0.1, -0.05) is 5.11 Å². The van der Waals surface area contributed by atoms with Crippen LogP contribution < -0.4 is 5.73 Å². The molecule has 1 heterocycles. The molecule has 10 heavy (non-hydrogen) atoms. The molecule has 1 aromatic rings. The fraction of sp³-hybridized carbons (Fsp3) is 0. The van der Waals surface area contributed by atoms with Crippen LogP contribution in [0, 0.1) is 0 Å². The fourth-order valence-electron chi connectivity index (χ4n) is 0.550. The number of hydrogen-bond donors (Lipinski definition) is 1. The Hall–Kier alpha value is -1.74. The molecule has 0 aliphatic heterocycles. The average Bonchev–Trinajstić information content (AvgIpc) is 1.88. The van der Waals surface area contributed by atoms with Crippen LogP contribution in [0.3, 0.4) is 0 Å². The second kappa shape index (κ2) is 2.70. The van der Waals surface area contributed by atoms with Crippen molar-refractivity contribution in [1.29, 1.82) is 0 Å². The van der Waals surface area contributed by atoms with E-state index in [1.54, 1.807) is 6.07 Å². The van der Waals surface area contributed by atoms with Crippen molar-refractivity contribution in [2.45, 2.75) is 0 Å². The number of nitrogens with zero attached hydrogens (tertiary/aromatic N) is 4. The maximum atomic E-state index is 8.01. The van der Waals surface area contributed by atoms with E-state index in [1.807, 2.05) is 0 Å². The molecule has 0 fully saturated rings. The highest BCUT2D eigenvalue weighted by atomic mass is 15.1. The van der Waals surface area contributed by atoms with Crippen LogP contribution in [0.5, 0.6) is 0 Å². The Morgan fingerprint density at radius 1 is 1.70 bits per heavy atom. The zero-order valence-electron chi connectivity index (χ0n) is 5.10. The second-order valence-electron chi connectivity index (χ2n) is 1.63. The summed E-state index contributed by atoms with van der Waals surface area (Å²) in [5.74, 6) is 0.352. The third-order valence-electron chi connectivity index (χ3n) is 0.925. The van der Waals surface area contributed by atoms with Gasteiger partial charge in [-0.05, 0) is 17.7 Å². The second-order valence-corrected chi connectivity index (χ2v) is 1.63. The van der Waals surface area contributed by atoms with Crippen LogP contribution in [-0.2, 0) is 0 Å². The summed E-state index contributed by atoms with van der Waals surface area (Å²) in [5, 5.41) is 3.33. The Bertz CT molecular complexity index is 275. The lowest BCUT2D eigenvalue weighted by Gasteiger charge is -1.90. The topological polar surface area (TPSA) is 87.7 Å². The van der Waals surface area contributed by atoms with Crippen molar-refractivity contribution in [2.24, 2.45) is 5.11 Å². The van der Waals surface area contributed by atoms with Gasteiger partial charge in [-0.25, -0.2) is 4.98 Å². The van der Waals surface area contributed by atoms with Crippen LogP contribution in [-0.4, -0.2) is 4.98 Å². The molecule has 5 nitrogen and oxygen atoms in total. The Kier molecular flexibility index (Phi) is 1.72. The Balaban J connectivity index is 3.06. The molecule has 1 rings (SSSR count). The van der Waals surface area contributed by atoms with E-state index in [0.29, 0.717) is 11.5 Å². The van der Waals surface area contributed by atoms with Gasteiger partial charge < -0.3 is 5.73 Å². The molecular weight excluding hydrogens is 130 g/mol. The monoisotopic (exact) mass is 135 g/mol. The molecule has 1 aromatic heterocycles. The lowest BCUT2D eigenvalue weighted by molar-refractivity contribution is 1.31. The predicted octanol–water partition coefficient (Wildman–Crippen LogP) is 1.61. The van der Waals surface area contributed by atoms with Gasteiger partial charge in [0.1, 0.15) is 5.82 Å². The van der Waals surface area contributed by atoms with Gasteiger partial charge in [0.15, 0.2) is 0 Å². The van der Waals surface area contributed by atoms with E-state index in [2.05, 4.69) is 15.0 Å². The lowest BCUT2D eigenvalue weighted by Crippen LogP contribution is -1.86.